The zero-order chi connectivity index (χ0) is 24.8. The van der Waals surface area contributed by atoms with E-state index in [0.29, 0.717) is 0 Å². The zero-order valence-electron chi connectivity index (χ0n) is 19.3. The predicted molar refractivity (Wildman–Crippen MR) is 126 cm³/mol. The normalized spacial score (nSPS) is 23.7. The Kier molecular flexibility index (Phi) is 7.58. The topological polar surface area (TPSA) is 127 Å². The molecule has 1 aromatic heterocycles. The molecule has 2 N–H and O–H groups in total. The van der Waals surface area contributed by atoms with Crippen LogP contribution in [0.25, 0.3) is 0 Å². The van der Waals surface area contributed by atoms with E-state index in [-0.39, 0.29) is 31.8 Å². The van der Waals surface area contributed by atoms with Crippen LogP contribution in [0.15, 0.2) is 76.4 Å². The third-order valence-corrected chi connectivity index (χ3v) is 6.00. The van der Waals surface area contributed by atoms with Gasteiger partial charge in [-0.25, -0.2) is 4.79 Å². The van der Waals surface area contributed by atoms with E-state index in [0.717, 1.165) is 15.7 Å². The molecule has 0 amide bonds. The number of nitriles is 1. The quantitative estimate of drug-likeness (QED) is 0.484. The molecule has 4 atom stereocenters. The fourth-order valence-corrected chi connectivity index (χ4v) is 4.20. The van der Waals surface area contributed by atoms with Gasteiger partial charge < -0.3 is 19.3 Å². The van der Waals surface area contributed by atoms with Gasteiger partial charge in [0.05, 0.1) is 32.3 Å². The number of H-pyrrole nitrogens is 1. The van der Waals surface area contributed by atoms with E-state index in [1.54, 1.807) is 6.92 Å². The Morgan fingerprint density at radius 1 is 1.09 bits per heavy atom. The average molecular weight is 478 g/mol. The molecule has 3 aromatic rings. The predicted octanol–water partition coefficient (Wildman–Crippen LogP) is 2.19. The van der Waals surface area contributed by atoms with Crippen LogP contribution in [-0.2, 0) is 27.4 Å². The highest BCUT2D eigenvalue weighted by Crippen LogP contribution is 2.41. The van der Waals surface area contributed by atoms with Crippen LogP contribution < -0.4 is 11.2 Å². The number of hydrogen-bond donors (Lipinski definition) is 2. The van der Waals surface area contributed by atoms with Gasteiger partial charge in [-0.1, -0.05) is 60.7 Å². The van der Waals surface area contributed by atoms with Crippen molar-refractivity contribution < 1.29 is 19.3 Å². The third kappa shape index (κ3) is 5.42. The summed E-state index contributed by atoms with van der Waals surface area (Å²) in [4.78, 5) is 26.6. The number of hydrogen-bond acceptors (Lipinski definition) is 7. The van der Waals surface area contributed by atoms with E-state index in [9.17, 15) is 20.0 Å². The number of aromatic nitrogens is 2. The van der Waals surface area contributed by atoms with Crippen LogP contribution in [-0.4, -0.2) is 39.1 Å². The van der Waals surface area contributed by atoms with Crippen LogP contribution in [0.1, 0.15) is 29.3 Å². The number of benzene rings is 2. The molecular weight excluding hydrogens is 450 g/mol. The molecule has 2 heterocycles. The first-order valence-corrected chi connectivity index (χ1v) is 11.3. The highest BCUT2D eigenvalue weighted by molar-refractivity contribution is 5.15. The lowest BCUT2D eigenvalue weighted by Gasteiger charge is -2.32. The van der Waals surface area contributed by atoms with Gasteiger partial charge in [0.2, 0.25) is 0 Å². The van der Waals surface area contributed by atoms with Crippen molar-refractivity contribution in [1.82, 2.24) is 9.55 Å². The number of aromatic amines is 1. The Bertz CT molecular complexity index is 1280. The summed E-state index contributed by atoms with van der Waals surface area (Å²) < 4.78 is 19.4. The lowest BCUT2D eigenvalue weighted by Crippen LogP contribution is -2.48. The first kappa shape index (κ1) is 24.6. The van der Waals surface area contributed by atoms with E-state index in [1.807, 2.05) is 60.7 Å². The van der Waals surface area contributed by atoms with Gasteiger partial charge in [0.1, 0.15) is 17.8 Å². The van der Waals surface area contributed by atoms with Gasteiger partial charge in [-0.05, 0) is 18.1 Å². The lowest BCUT2D eigenvalue weighted by atomic mass is 9.92. The molecule has 1 aliphatic heterocycles. The summed E-state index contributed by atoms with van der Waals surface area (Å²) in [5, 5.41) is 20.9. The third-order valence-electron chi connectivity index (χ3n) is 6.00. The summed E-state index contributed by atoms with van der Waals surface area (Å²) in [6.45, 7) is 1.91. The van der Waals surface area contributed by atoms with Crippen molar-refractivity contribution in [3.05, 3.63) is 104 Å². The molecule has 0 spiro atoms. The van der Waals surface area contributed by atoms with E-state index in [2.05, 4.69) is 11.1 Å². The van der Waals surface area contributed by atoms with Crippen molar-refractivity contribution >= 4 is 0 Å². The molecule has 0 aliphatic carbocycles. The Hall–Kier alpha value is -3.55. The Morgan fingerprint density at radius 3 is 2.34 bits per heavy atom. The number of ether oxygens (including phenoxy) is 3. The molecule has 0 unspecified atom stereocenters. The summed E-state index contributed by atoms with van der Waals surface area (Å²) in [5.41, 5.74) is -0.527. The van der Waals surface area contributed by atoms with Crippen molar-refractivity contribution in [3.63, 3.8) is 0 Å². The van der Waals surface area contributed by atoms with Crippen molar-refractivity contribution in [3.8, 4) is 6.07 Å². The molecule has 35 heavy (non-hydrogen) atoms. The van der Waals surface area contributed by atoms with Gasteiger partial charge in [0, 0.05) is 11.8 Å². The number of rotatable bonds is 9. The number of aliphatic hydroxyl groups excluding tert-OH is 1. The largest absolute Gasteiger partial charge is 0.386 e. The number of nitrogens with zero attached hydrogens (tertiary/aromatic N) is 2. The minimum atomic E-state index is -1.36. The molecule has 0 bridgehead atoms. The van der Waals surface area contributed by atoms with Crippen LogP contribution in [0.4, 0.5) is 0 Å². The Morgan fingerprint density at radius 2 is 1.71 bits per heavy atom. The smallest absolute Gasteiger partial charge is 0.330 e. The van der Waals surface area contributed by atoms with Crippen molar-refractivity contribution in [2.45, 2.75) is 50.6 Å². The van der Waals surface area contributed by atoms with Gasteiger partial charge in [-0.2, -0.15) is 5.26 Å². The summed E-state index contributed by atoms with van der Waals surface area (Å²) in [6, 6.07) is 21.0. The van der Waals surface area contributed by atoms with Gasteiger partial charge in [0.25, 0.3) is 5.56 Å². The van der Waals surface area contributed by atoms with Gasteiger partial charge in [-0.15, -0.1) is 0 Å². The molecule has 1 saturated heterocycles. The lowest BCUT2D eigenvalue weighted by molar-refractivity contribution is -0.154. The van der Waals surface area contributed by atoms with Gasteiger partial charge >= 0.3 is 5.69 Å². The van der Waals surface area contributed by atoms with Crippen molar-refractivity contribution in [1.29, 1.82) is 5.26 Å². The fourth-order valence-electron chi connectivity index (χ4n) is 4.20. The molecule has 4 rings (SSSR count). The average Bonchev–Trinajstić information content (AvgIpc) is 3.12. The maximum atomic E-state index is 12.6. The van der Waals surface area contributed by atoms with Gasteiger partial charge in [-0.3, -0.25) is 14.3 Å². The fraction of sp³-hybridized carbons (Fsp3) is 0.346. The maximum Gasteiger partial charge on any atom is 0.330 e. The molecular formula is C26H27N3O6. The molecule has 9 nitrogen and oxygen atoms in total. The van der Waals surface area contributed by atoms with Crippen LogP contribution >= 0.6 is 0 Å². The van der Waals surface area contributed by atoms with E-state index in [1.165, 1.54) is 6.20 Å². The molecule has 0 radical (unpaired) electrons. The monoisotopic (exact) mass is 477 g/mol. The van der Waals surface area contributed by atoms with Crippen LogP contribution in [0.5, 0.6) is 0 Å². The second-order valence-corrected chi connectivity index (χ2v) is 8.57. The highest BCUT2D eigenvalue weighted by Gasteiger charge is 2.57. The van der Waals surface area contributed by atoms with Crippen LogP contribution in [0.2, 0.25) is 0 Å². The van der Waals surface area contributed by atoms with Gasteiger partial charge in [0.15, 0.2) is 6.23 Å². The summed E-state index contributed by atoms with van der Waals surface area (Å²) >= 11 is 0. The molecule has 1 aliphatic rings. The number of aryl methyl sites for hydroxylation is 1. The second-order valence-electron chi connectivity index (χ2n) is 8.57. The first-order valence-electron chi connectivity index (χ1n) is 11.3. The van der Waals surface area contributed by atoms with Crippen molar-refractivity contribution in [2.24, 2.45) is 0 Å². The van der Waals surface area contributed by atoms with E-state index >= 15 is 0 Å². The minimum absolute atomic E-state index is 0.0560. The SMILES string of the molecule is Cc1cn([C@@H]2O[C@](CC#N)(COCc3ccccc3)[C@@H](OCc3ccccc3)[C@@H]2O)c(=O)[nH]c1=O. The summed E-state index contributed by atoms with van der Waals surface area (Å²) in [7, 11) is 0. The number of aliphatic hydroxyl groups is 1. The Labute approximate surface area is 202 Å². The van der Waals surface area contributed by atoms with Crippen LogP contribution in [0, 0.1) is 18.3 Å². The molecule has 0 saturated carbocycles. The van der Waals surface area contributed by atoms with E-state index in [4.69, 9.17) is 14.2 Å². The zero-order valence-corrected chi connectivity index (χ0v) is 19.3. The second kappa shape index (κ2) is 10.8. The van der Waals surface area contributed by atoms with E-state index < -0.39 is 35.3 Å². The first-order chi connectivity index (χ1) is 16.9. The summed E-state index contributed by atoms with van der Waals surface area (Å²) in [5.74, 6) is 0. The molecule has 1 fully saturated rings. The maximum absolute atomic E-state index is 12.6. The molecule has 9 heteroatoms. The minimum Gasteiger partial charge on any atom is -0.386 e. The van der Waals surface area contributed by atoms with Crippen molar-refractivity contribution in [2.75, 3.05) is 6.61 Å². The summed E-state index contributed by atoms with van der Waals surface area (Å²) in [6.07, 6.45) is -2.30. The molecule has 182 valence electrons. The standard InChI is InChI=1S/C26H27N3O6/c1-18-14-29(25(32)28-23(18)31)24-21(30)22(34-16-20-10-6-3-7-11-20)26(35-24,12-13-27)17-33-15-19-8-4-2-5-9-19/h2-11,14,21-22,24,30H,12,15-17H2,1H3,(H,28,31,32)/t21-,22-,24+,26+/m0/s1. The molecule has 2 aromatic carbocycles. The highest BCUT2D eigenvalue weighted by atomic mass is 16.6. The Balaban J connectivity index is 1.65. The van der Waals surface area contributed by atoms with Crippen LogP contribution in [0.3, 0.4) is 0 Å². The number of nitrogens with one attached hydrogen (secondary N) is 1.